The SMILES string of the molecule is Nc1cn[nH]c1NS(=O)(=O)c1cccc(F)c1. The van der Waals surface area contributed by atoms with Crippen LogP contribution in [-0.2, 0) is 10.0 Å². The van der Waals surface area contributed by atoms with Crippen LogP contribution in [0, 0.1) is 5.82 Å². The molecule has 1 aromatic heterocycles. The lowest BCUT2D eigenvalue weighted by Crippen LogP contribution is -2.14. The fourth-order valence-corrected chi connectivity index (χ4v) is 2.28. The van der Waals surface area contributed by atoms with Crippen LogP contribution < -0.4 is 10.5 Å². The van der Waals surface area contributed by atoms with E-state index in [-0.39, 0.29) is 16.4 Å². The molecular weight excluding hydrogens is 247 g/mol. The van der Waals surface area contributed by atoms with Crippen molar-refractivity contribution < 1.29 is 12.8 Å². The smallest absolute Gasteiger partial charge is 0.263 e. The van der Waals surface area contributed by atoms with Crippen molar-refractivity contribution in [2.75, 3.05) is 10.5 Å². The van der Waals surface area contributed by atoms with Crippen LogP contribution in [0.1, 0.15) is 0 Å². The normalized spacial score (nSPS) is 11.4. The number of benzene rings is 1. The third kappa shape index (κ3) is 2.36. The summed E-state index contributed by atoms with van der Waals surface area (Å²) in [5.74, 6) is -0.584. The first-order valence-electron chi connectivity index (χ1n) is 4.56. The fraction of sp³-hybridized carbons (Fsp3) is 0. The molecule has 2 rings (SSSR count). The zero-order valence-corrected chi connectivity index (χ0v) is 9.33. The summed E-state index contributed by atoms with van der Waals surface area (Å²) in [7, 11) is -3.87. The van der Waals surface area contributed by atoms with E-state index in [1.807, 2.05) is 0 Å². The molecule has 90 valence electrons. The summed E-state index contributed by atoms with van der Waals surface area (Å²) in [4.78, 5) is -0.188. The number of aromatic nitrogens is 2. The Kier molecular flexibility index (Phi) is 2.72. The average Bonchev–Trinajstić information content (AvgIpc) is 2.64. The maximum absolute atomic E-state index is 12.9. The molecule has 1 aromatic carbocycles. The predicted octanol–water partition coefficient (Wildman–Crippen LogP) is 0.932. The second kappa shape index (κ2) is 4.06. The number of H-pyrrole nitrogens is 1. The van der Waals surface area contributed by atoms with Gasteiger partial charge in [0.1, 0.15) is 5.82 Å². The highest BCUT2D eigenvalue weighted by molar-refractivity contribution is 7.92. The van der Waals surface area contributed by atoms with Crippen LogP contribution in [0.25, 0.3) is 0 Å². The molecule has 0 bridgehead atoms. The number of halogens is 1. The van der Waals surface area contributed by atoms with Gasteiger partial charge in [-0.25, -0.2) is 12.8 Å². The van der Waals surface area contributed by atoms with Gasteiger partial charge in [0.15, 0.2) is 5.82 Å². The van der Waals surface area contributed by atoms with Gasteiger partial charge in [-0.3, -0.25) is 9.82 Å². The van der Waals surface area contributed by atoms with Crippen LogP contribution in [0.3, 0.4) is 0 Å². The number of sulfonamides is 1. The Balaban J connectivity index is 2.35. The first-order chi connectivity index (χ1) is 7.99. The number of hydrogen-bond donors (Lipinski definition) is 3. The second-order valence-corrected chi connectivity index (χ2v) is 4.95. The Bertz CT molecular complexity index is 638. The highest BCUT2D eigenvalue weighted by Gasteiger charge is 2.16. The Morgan fingerprint density at radius 3 is 2.76 bits per heavy atom. The summed E-state index contributed by atoms with van der Waals surface area (Å²) in [5, 5.41) is 5.95. The molecule has 4 N–H and O–H groups in total. The maximum Gasteiger partial charge on any atom is 0.263 e. The summed E-state index contributed by atoms with van der Waals surface area (Å²) in [6.07, 6.45) is 1.27. The largest absolute Gasteiger partial charge is 0.394 e. The van der Waals surface area contributed by atoms with E-state index in [0.717, 1.165) is 12.1 Å². The molecule has 0 aliphatic rings. The number of rotatable bonds is 3. The van der Waals surface area contributed by atoms with E-state index in [9.17, 15) is 12.8 Å². The van der Waals surface area contributed by atoms with Crippen LogP contribution in [0.15, 0.2) is 35.4 Å². The molecule has 0 atom stereocenters. The van der Waals surface area contributed by atoms with E-state index in [1.54, 1.807) is 0 Å². The first kappa shape index (κ1) is 11.4. The third-order valence-corrected chi connectivity index (χ3v) is 3.36. The minimum atomic E-state index is -3.87. The molecule has 0 aliphatic carbocycles. The number of anilines is 2. The van der Waals surface area contributed by atoms with E-state index in [4.69, 9.17) is 5.73 Å². The van der Waals surface area contributed by atoms with Gasteiger partial charge < -0.3 is 5.73 Å². The average molecular weight is 256 g/mol. The molecule has 0 spiro atoms. The number of hydrogen-bond acceptors (Lipinski definition) is 4. The van der Waals surface area contributed by atoms with Crippen LogP contribution in [0.2, 0.25) is 0 Å². The summed E-state index contributed by atoms with van der Waals surface area (Å²) >= 11 is 0. The monoisotopic (exact) mass is 256 g/mol. The fourth-order valence-electron chi connectivity index (χ4n) is 1.20. The highest BCUT2D eigenvalue weighted by Crippen LogP contribution is 2.19. The van der Waals surface area contributed by atoms with Gasteiger partial charge in [0.2, 0.25) is 0 Å². The molecular formula is C9H9FN4O2S. The molecule has 2 aromatic rings. The second-order valence-electron chi connectivity index (χ2n) is 3.26. The molecule has 0 aliphatic heterocycles. The summed E-state index contributed by atoms with van der Waals surface area (Å²) in [6.45, 7) is 0. The molecule has 6 nitrogen and oxygen atoms in total. The maximum atomic E-state index is 12.9. The van der Waals surface area contributed by atoms with Crippen molar-refractivity contribution in [2.45, 2.75) is 4.90 Å². The molecule has 0 amide bonds. The van der Waals surface area contributed by atoms with Crippen LogP contribution >= 0.6 is 0 Å². The molecule has 0 saturated heterocycles. The van der Waals surface area contributed by atoms with Gasteiger partial charge in [-0.2, -0.15) is 5.10 Å². The predicted molar refractivity (Wildman–Crippen MR) is 60.2 cm³/mol. The number of nitrogen functional groups attached to an aromatic ring is 1. The van der Waals surface area contributed by atoms with E-state index in [1.165, 1.54) is 18.3 Å². The Morgan fingerprint density at radius 1 is 1.41 bits per heavy atom. The van der Waals surface area contributed by atoms with Crippen molar-refractivity contribution in [3.8, 4) is 0 Å². The van der Waals surface area contributed by atoms with E-state index in [0.29, 0.717) is 0 Å². The van der Waals surface area contributed by atoms with Crippen molar-refractivity contribution in [3.05, 3.63) is 36.3 Å². The minimum absolute atomic E-state index is 0.0502. The standard InChI is InChI=1S/C9H9FN4O2S/c10-6-2-1-3-7(4-6)17(15,16)14-9-8(11)5-12-13-9/h1-5H,11H2,(H2,12,13,14). The topological polar surface area (TPSA) is 101 Å². The van der Waals surface area contributed by atoms with E-state index in [2.05, 4.69) is 14.9 Å². The minimum Gasteiger partial charge on any atom is -0.394 e. The summed E-state index contributed by atoms with van der Waals surface area (Å²) in [5.41, 5.74) is 5.62. The molecule has 0 saturated carbocycles. The van der Waals surface area contributed by atoms with E-state index < -0.39 is 15.8 Å². The molecule has 1 heterocycles. The molecule has 0 unspecified atom stereocenters. The van der Waals surface area contributed by atoms with Gasteiger partial charge in [0.25, 0.3) is 10.0 Å². The van der Waals surface area contributed by atoms with Crippen LogP contribution in [-0.4, -0.2) is 18.6 Å². The highest BCUT2D eigenvalue weighted by atomic mass is 32.2. The van der Waals surface area contributed by atoms with Gasteiger partial charge in [-0.1, -0.05) is 6.07 Å². The van der Waals surface area contributed by atoms with Crippen LogP contribution in [0.5, 0.6) is 0 Å². The molecule has 17 heavy (non-hydrogen) atoms. The van der Waals surface area contributed by atoms with Gasteiger partial charge in [-0.15, -0.1) is 0 Å². The molecule has 0 radical (unpaired) electrons. The Hall–Kier alpha value is -2.09. The van der Waals surface area contributed by atoms with Crippen molar-refractivity contribution in [1.82, 2.24) is 10.2 Å². The third-order valence-electron chi connectivity index (χ3n) is 2.01. The number of aromatic amines is 1. The first-order valence-corrected chi connectivity index (χ1v) is 6.04. The van der Waals surface area contributed by atoms with Gasteiger partial charge in [0.05, 0.1) is 16.8 Å². The summed E-state index contributed by atoms with van der Waals surface area (Å²) in [6, 6.07) is 4.65. The van der Waals surface area contributed by atoms with Gasteiger partial charge in [0, 0.05) is 0 Å². The number of nitrogens with one attached hydrogen (secondary N) is 2. The number of nitrogens with zero attached hydrogens (tertiary/aromatic N) is 1. The Morgan fingerprint density at radius 2 is 2.18 bits per heavy atom. The van der Waals surface area contributed by atoms with Crippen molar-refractivity contribution in [2.24, 2.45) is 0 Å². The lowest BCUT2D eigenvalue weighted by molar-refractivity contribution is 0.595. The van der Waals surface area contributed by atoms with Crippen molar-refractivity contribution in [1.29, 1.82) is 0 Å². The lowest BCUT2D eigenvalue weighted by atomic mass is 10.4. The molecule has 8 heteroatoms. The van der Waals surface area contributed by atoms with Crippen molar-refractivity contribution >= 4 is 21.5 Å². The van der Waals surface area contributed by atoms with Crippen LogP contribution in [0.4, 0.5) is 15.9 Å². The summed E-state index contributed by atoms with van der Waals surface area (Å²) < 4.78 is 38.7. The van der Waals surface area contributed by atoms with E-state index >= 15 is 0 Å². The van der Waals surface area contributed by atoms with Gasteiger partial charge in [-0.05, 0) is 18.2 Å². The molecule has 0 fully saturated rings. The lowest BCUT2D eigenvalue weighted by Gasteiger charge is -2.06. The zero-order chi connectivity index (χ0) is 12.5. The Labute approximate surface area is 96.7 Å². The zero-order valence-electron chi connectivity index (χ0n) is 8.51. The van der Waals surface area contributed by atoms with Gasteiger partial charge >= 0.3 is 0 Å². The van der Waals surface area contributed by atoms with Crippen molar-refractivity contribution in [3.63, 3.8) is 0 Å². The number of nitrogens with two attached hydrogens (primary N) is 1. The quantitative estimate of drug-likeness (QED) is 0.760.